The highest BCUT2D eigenvalue weighted by Crippen LogP contribution is 2.29. The number of rotatable bonds is 7. The van der Waals surface area contributed by atoms with Crippen LogP contribution in [0, 0.1) is 17.5 Å². The number of carbonyl (C=O) groups excluding carboxylic acids is 1. The second-order valence-electron chi connectivity index (χ2n) is 5.29. The topological polar surface area (TPSA) is 99.1 Å². The van der Waals surface area contributed by atoms with Crippen LogP contribution in [-0.2, 0) is 16.1 Å². The van der Waals surface area contributed by atoms with Gasteiger partial charge < -0.3 is 10.4 Å². The largest absolute Gasteiger partial charge is 0.481 e. The normalized spacial score (nSPS) is 10.6. The number of halogens is 3. The minimum atomic E-state index is -1.47. The van der Waals surface area contributed by atoms with Crippen LogP contribution in [0.5, 0.6) is 0 Å². The molecular formula is C17H15F3N2O5. The number of nitrogens with zero attached hydrogens (tertiary/aromatic N) is 1. The van der Waals surface area contributed by atoms with Gasteiger partial charge in [0.2, 0.25) is 0 Å². The summed E-state index contributed by atoms with van der Waals surface area (Å²) in [6.45, 7) is 1.41. The minimum absolute atomic E-state index is 0.0751. The van der Waals surface area contributed by atoms with Crippen molar-refractivity contribution >= 4 is 23.3 Å². The van der Waals surface area contributed by atoms with E-state index in [0.29, 0.717) is 6.07 Å². The highest BCUT2D eigenvalue weighted by molar-refractivity contribution is 5.99. The van der Waals surface area contributed by atoms with Gasteiger partial charge in [0.25, 0.3) is 0 Å². The predicted octanol–water partition coefficient (Wildman–Crippen LogP) is 3.26. The van der Waals surface area contributed by atoms with Gasteiger partial charge in [-0.25, -0.2) is 18.0 Å². The van der Waals surface area contributed by atoms with Crippen molar-refractivity contribution < 1.29 is 37.9 Å². The lowest BCUT2D eigenvalue weighted by Crippen LogP contribution is -2.28. The number of carboxylic acid groups (broad SMARTS) is 1. The Morgan fingerprint density at radius 1 is 1.15 bits per heavy atom. The molecule has 0 radical (unpaired) electrons. The Labute approximate surface area is 151 Å². The molecule has 2 rings (SSSR count). The summed E-state index contributed by atoms with van der Waals surface area (Å²) in [5.74, 6) is -6.10. The average Bonchev–Trinajstić information content (AvgIpc) is 2.60. The van der Waals surface area contributed by atoms with Gasteiger partial charge in [-0.15, -0.1) is 0 Å². The summed E-state index contributed by atoms with van der Waals surface area (Å²) in [4.78, 5) is 27.4. The number of carboxylic acids is 1. The first kappa shape index (κ1) is 20.2. The third-order valence-electron chi connectivity index (χ3n) is 3.40. The van der Waals surface area contributed by atoms with E-state index in [4.69, 9.17) is 5.11 Å². The maximum Gasteiger partial charge on any atom is 0.307 e. The van der Waals surface area contributed by atoms with Gasteiger partial charge in [-0.3, -0.25) is 14.8 Å². The van der Waals surface area contributed by atoms with Crippen molar-refractivity contribution in [2.75, 3.05) is 11.9 Å². The molecule has 0 aliphatic heterocycles. The Morgan fingerprint density at radius 3 is 2.44 bits per heavy atom. The van der Waals surface area contributed by atoms with E-state index in [1.165, 1.54) is 13.0 Å². The molecule has 144 valence electrons. The smallest absolute Gasteiger partial charge is 0.307 e. The van der Waals surface area contributed by atoms with E-state index in [9.17, 15) is 28.0 Å². The van der Waals surface area contributed by atoms with Crippen LogP contribution < -0.4 is 5.32 Å². The summed E-state index contributed by atoms with van der Waals surface area (Å²) in [5.41, 5.74) is -1.41. The molecule has 0 fully saturated rings. The standard InChI is InChI=1S/C17H15F3N2O5/c1-2-27-22(26)17(25)10-4-5-11(18)15(20)16(10)21-13-6-3-9(7-12(13)19)8-14(23)24/h3-7,21,26H,2,8H2,1H3,(H,23,24). The Morgan fingerprint density at radius 2 is 1.85 bits per heavy atom. The molecule has 2 aromatic rings. The molecule has 0 saturated heterocycles. The van der Waals surface area contributed by atoms with Crippen molar-refractivity contribution in [3.63, 3.8) is 0 Å². The lowest BCUT2D eigenvalue weighted by Gasteiger charge is -2.17. The van der Waals surface area contributed by atoms with Crippen molar-refractivity contribution in [3.8, 4) is 0 Å². The van der Waals surface area contributed by atoms with Crippen LogP contribution in [0.1, 0.15) is 22.8 Å². The van der Waals surface area contributed by atoms with Crippen molar-refractivity contribution in [1.82, 2.24) is 5.23 Å². The van der Waals surface area contributed by atoms with Crippen LogP contribution in [0.15, 0.2) is 30.3 Å². The zero-order valence-electron chi connectivity index (χ0n) is 14.0. The summed E-state index contributed by atoms with van der Waals surface area (Å²) in [7, 11) is 0. The summed E-state index contributed by atoms with van der Waals surface area (Å²) >= 11 is 0. The first-order chi connectivity index (χ1) is 12.7. The van der Waals surface area contributed by atoms with E-state index in [-0.39, 0.29) is 23.1 Å². The lowest BCUT2D eigenvalue weighted by molar-refractivity contribution is -0.294. The first-order valence-electron chi connectivity index (χ1n) is 7.66. The summed E-state index contributed by atoms with van der Waals surface area (Å²) in [5, 5.41) is 20.3. The fourth-order valence-electron chi connectivity index (χ4n) is 2.21. The van der Waals surface area contributed by atoms with Gasteiger partial charge >= 0.3 is 11.9 Å². The number of carbonyl (C=O) groups is 2. The third-order valence-corrected chi connectivity index (χ3v) is 3.40. The number of amides is 1. The van der Waals surface area contributed by atoms with Crippen LogP contribution in [0.25, 0.3) is 0 Å². The van der Waals surface area contributed by atoms with Crippen LogP contribution in [0.2, 0.25) is 0 Å². The summed E-state index contributed by atoms with van der Waals surface area (Å²) in [6, 6.07) is 4.86. The van der Waals surface area contributed by atoms with Crippen LogP contribution in [0.3, 0.4) is 0 Å². The molecule has 0 aromatic heterocycles. The van der Waals surface area contributed by atoms with Gasteiger partial charge in [-0.1, -0.05) is 11.3 Å². The number of hydrogen-bond acceptors (Lipinski definition) is 5. The first-order valence-corrected chi connectivity index (χ1v) is 7.66. The molecule has 0 atom stereocenters. The van der Waals surface area contributed by atoms with Crippen molar-refractivity contribution in [1.29, 1.82) is 0 Å². The Hall–Kier alpha value is -3.11. The van der Waals surface area contributed by atoms with E-state index in [1.54, 1.807) is 0 Å². The molecule has 0 saturated carbocycles. The molecule has 0 bridgehead atoms. The van der Waals surface area contributed by atoms with Crippen molar-refractivity contribution in [2.45, 2.75) is 13.3 Å². The number of aliphatic carboxylic acids is 1. The molecule has 0 spiro atoms. The van der Waals surface area contributed by atoms with Gasteiger partial charge in [0, 0.05) is 0 Å². The van der Waals surface area contributed by atoms with Gasteiger partial charge in [-0.2, -0.15) is 0 Å². The number of hydrogen-bond donors (Lipinski definition) is 3. The second kappa shape index (κ2) is 8.52. The molecule has 1 amide bonds. The number of benzene rings is 2. The summed E-state index contributed by atoms with van der Waals surface area (Å²) < 4.78 is 42.0. The van der Waals surface area contributed by atoms with Crippen molar-refractivity contribution in [3.05, 3.63) is 58.9 Å². The highest BCUT2D eigenvalue weighted by atomic mass is 19.2. The molecule has 0 aliphatic carbocycles. The maximum absolute atomic E-state index is 14.2. The highest BCUT2D eigenvalue weighted by Gasteiger charge is 2.24. The maximum atomic E-state index is 14.2. The van der Waals surface area contributed by atoms with Crippen LogP contribution in [-0.4, -0.2) is 34.0 Å². The summed E-state index contributed by atoms with van der Waals surface area (Å²) in [6.07, 6.45) is -0.427. The van der Waals surface area contributed by atoms with Crippen molar-refractivity contribution in [2.24, 2.45) is 0 Å². The van der Waals surface area contributed by atoms with E-state index in [0.717, 1.165) is 18.2 Å². The number of anilines is 2. The number of nitrogens with one attached hydrogen (secondary N) is 1. The van der Waals surface area contributed by atoms with Crippen LogP contribution >= 0.6 is 0 Å². The van der Waals surface area contributed by atoms with Gasteiger partial charge in [0.1, 0.15) is 5.82 Å². The number of hydroxylamine groups is 2. The molecule has 0 heterocycles. The molecule has 7 nitrogen and oxygen atoms in total. The second-order valence-corrected chi connectivity index (χ2v) is 5.29. The van der Waals surface area contributed by atoms with Gasteiger partial charge in [0.05, 0.1) is 30.0 Å². The quantitative estimate of drug-likeness (QED) is 0.501. The monoisotopic (exact) mass is 384 g/mol. The molecule has 3 N–H and O–H groups in total. The Balaban J connectivity index is 2.42. The zero-order chi connectivity index (χ0) is 20.1. The fourth-order valence-corrected chi connectivity index (χ4v) is 2.21. The van der Waals surface area contributed by atoms with Gasteiger partial charge in [-0.05, 0) is 36.8 Å². The molecule has 27 heavy (non-hydrogen) atoms. The molecule has 0 unspecified atom stereocenters. The molecule has 2 aromatic carbocycles. The van der Waals surface area contributed by atoms with E-state index in [2.05, 4.69) is 10.2 Å². The van der Waals surface area contributed by atoms with E-state index < -0.39 is 47.0 Å². The Kier molecular flexibility index (Phi) is 6.37. The molecule has 10 heteroatoms. The van der Waals surface area contributed by atoms with Crippen LogP contribution in [0.4, 0.5) is 24.5 Å². The zero-order valence-corrected chi connectivity index (χ0v) is 14.0. The molecular weight excluding hydrogens is 369 g/mol. The van der Waals surface area contributed by atoms with E-state index >= 15 is 0 Å². The lowest BCUT2D eigenvalue weighted by atomic mass is 10.1. The third kappa shape index (κ3) is 4.74. The van der Waals surface area contributed by atoms with Gasteiger partial charge in [0.15, 0.2) is 11.6 Å². The fraction of sp³-hybridized carbons (Fsp3) is 0.176. The Bertz CT molecular complexity index is 876. The SMILES string of the molecule is CCON(O)C(=O)c1ccc(F)c(F)c1Nc1ccc(CC(=O)O)cc1F. The predicted molar refractivity (Wildman–Crippen MR) is 87.0 cm³/mol. The minimum Gasteiger partial charge on any atom is -0.481 e. The average molecular weight is 384 g/mol. The van der Waals surface area contributed by atoms with E-state index in [1.807, 2.05) is 0 Å². The molecule has 0 aliphatic rings.